The Kier molecular flexibility index (Phi) is 10.1. The molecular formula is C22H36N2O6. The van der Waals surface area contributed by atoms with Crippen molar-refractivity contribution in [1.29, 1.82) is 0 Å². The van der Waals surface area contributed by atoms with Crippen LogP contribution in [0.3, 0.4) is 0 Å². The van der Waals surface area contributed by atoms with Crippen LogP contribution in [0.4, 0.5) is 0 Å². The highest BCUT2D eigenvalue weighted by Gasteiger charge is 2.36. The third-order valence-corrected chi connectivity index (χ3v) is 6.54. The molecule has 0 aliphatic heterocycles. The third kappa shape index (κ3) is 7.29. The Balaban J connectivity index is 1.54. The number of rotatable bonds is 11. The molecule has 170 valence electrons. The van der Waals surface area contributed by atoms with Gasteiger partial charge in [0.2, 0.25) is 11.8 Å². The first-order valence-electron chi connectivity index (χ1n) is 11.4. The normalized spacial score (nSPS) is 26.5. The van der Waals surface area contributed by atoms with Crippen LogP contribution in [0.5, 0.6) is 0 Å². The summed E-state index contributed by atoms with van der Waals surface area (Å²) in [5, 5.41) is 24.3. The molecule has 4 N–H and O–H groups in total. The van der Waals surface area contributed by atoms with Gasteiger partial charge in [0.1, 0.15) is 0 Å². The summed E-state index contributed by atoms with van der Waals surface area (Å²) in [5.74, 6) is -3.99. The fraction of sp³-hybridized carbons (Fsp3) is 0.818. The summed E-state index contributed by atoms with van der Waals surface area (Å²) in [4.78, 5) is 47.2. The predicted octanol–water partition coefficient (Wildman–Crippen LogP) is 2.56. The van der Waals surface area contributed by atoms with Gasteiger partial charge in [-0.2, -0.15) is 0 Å². The van der Waals surface area contributed by atoms with Gasteiger partial charge in [0, 0.05) is 13.1 Å². The Morgan fingerprint density at radius 2 is 0.900 bits per heavy atom. The number of hydrogen-bond acceptors (Lipinski definition) is 4. The second kappa shape index (κ2) is 12.5. The van der Waals surface area contributed by atoms with Crippen LogP contribution in [0, 0.1) is 23.7 Å². The number of unbranched alkanes of at least 4 members (excludes halogenated alkanes) is 3. The van der Waals surface area contributed by atoms with Crippen molar-refractivity contribution in [2.45, 2.75) is 77.0 Å². The second-order valence-electron chi connectivity index (χ2n) is 8.67. The number of carboxylic acid groups (broad SMARTS) is 2. The standard InChI is InChI=1S/C22H36N2O6/c25-19(15-9-3-5-11-17(15)21(27)28)23-13-7-1-2-8-14-24-20(26)16-10-4-6-12-18(16)22(29)30/h15-18H,1-14H2,(H,23,25)(H,24,26)(H,27,28)(H,29,30)/t15-,16-,17+,18+/m1/s1. The summed E-state index contributed by atoms with van der Waals surface area (Å²) < 4.78 is 0. The summed E-state index contributed by atoms with van der Waals surface area (Å²) in [6.45, 7) is 1.08. The molecule has 0 spiro atoms. The average Bonchev–Trinajstić information content (AvgIpc) is 2.75. The van der Waals surface area contributed by atoms with Crippen LogP contribution in [0.15, 0.2) is 0 Å². The van der Waals surface area contributed by atoms with Gasteiger partial charge in [0.05, 0.1) is 23.7 Å². The summed E-state index contributed by atoms with van der Waals surface area (Å²) in [7, 11) is 0. The van der Waals surface area contributed by atoms with E-state index in [9.17, 15) is 29.4 Å². The van der Waals surface area contributed by atoms with Crippen LogP contribution in [0.1, 0.15) is 77.0 Å². The van der Waals surface area contributed by atoms with Crippen LogP contribution in [0.2, 0.25) is 0 Å². The minimum atomic E-state index is -0.875. The SMILES string of the molecule is O=C(O)[C@H]1CCCC[C@H]1C(=O)NCCCCCCNC(=O)[C@@H]1CCCC[C@@H]1C(=O)O. The highest BCUT2D eigenvalue weighted by Crippen LogP contribution is 2.31. The minimum absolute atomic E-state index is 0.144. The van der Waals surface area contributed by atoms with Gasteiger partial charge < -0.3 is 20.8 Å². The first-order chi connectivity index (χ1) is 14.4. The maximum atomic E-state index is 12.3. The van der Waals surface area contributed by atoms with E-state index in [1.54, 1.807) is 0 Å². The molecule has 8 heteroatoms. The molecule has 0 aromatic carbocycles. The highest BCUT2D eigenvalue weighted by atomic mass is 16.4. The number of hydrogen-bond donors (Lipinski definition) is 4. The van der Waals surface area contributed by atoms with Crippen molar-refractivity contribution in [2.75, 3.05) is 13.1 Å². The van der Waals surface area contributed by atoms with Gasteiger partial charge in [-0.3, -0.25) is 19.2 Å². The van der Waals surface area contributed by atoms with Crippen molar-refractivity contribution in [3.63, 3.8) is 0 Å². The molecule has 0 unspecified atom stereocenters. The Morgan fingerprint density at radius 3 is 1.23 bits per heavy atom. The first kappa shape index (κ1) is 24.2. The number of carbonyl (C=O) groups excluding carboxylic acids is 2. The molecule has 4 atom stereocenters. The molecule has 0 heterocycles. The molecule has 0 bridgehead atoms. The van der Waals surface area contributed by atoms with Crippen molar-refractivity contribution < 1.29 is 29.4 Å². The van der Waals surface area contributed by atoms with Crippen molar-refractivity contribution >= 4 is 23.8 Å². The summed E-state index contributed by atoms with van der Waals surface area (Å²) in [6.07, 6.45) is 9.43. The highest BCUT2D eigenvalue weighted by molar-refractivity contribution is 5.85. The topological polar surface area (TPSA) is 133 Å². The van der Waals surface area contributed by atoms with Crippen LogP contribution in [-0.4, -0.2) is 47.1 Å². The smallest absolute Gasteiger partial charge is 0.307 e. The fourth-order valence-corrected chi connectivity index (χ4v) is 4.77. The maximum Gasteiger partial charge on any atom is 0.307 e. The zero-order valence-corrected chi connectivity index (χ0v) is 17.7. The molecule has 0 aromatic rings. The molecule has 2 amide bonds. The van der Waals surface area contributed by atoms with E-state index in [1.807, 2.05) is 0 Å². The lowest BCUT2D eigenvalue weighted by Crippen LogP contribution is -2.40. The van der Waals surface area contributed by atoms with E-state index in [4.69, 9.17) is 0 Å². The van der Waals surface area contributed by atoms with Crippen molar-refractivity contribution in [2.24, 2.45) is 23.7 Å². The Hall–Kier alpha value is -2.12. The van der Waals surface area contributed by atoms with Gasteiger partial charge in [-0.25, -0.2) is 0 Å². The molecule has 2 rings (SSSR count). The van der Waals surface area contributed by atoms with Gasteiger partial charge in [-0.1, -0.05) is 38.5 Å². The largest absolute Gasteiger partial charge is 0.481 e. The molecule has 8 nitrogen and oxygen atoms in total. The van der Waals surface area contributed by atoms with E-state index >= 15 is 0 Å². The molecule has 2 aliphatic rings. The van der Waals surface area contributed by atoms with E-state index < -0.39 is 35.6 Å². The van der Waals surface area contributed by atoms with E-state index in [0.717, 1.165) is 51.4 Å². The molecule has 2 aliphatic carbocycles. The van der Waals surface area contributed by atoms with Crippen LogP contribution in [-0.2, 0) is 19.2 Å². The molecule has 0 aromatic heterocycles. The van der Waals surface area contributed by atoms with Crippen LogP contribution < -0.4 is 10.6 Å². The van der Waals surface area contributed by atoms with Gasteiger partial charge in [-0.15, -0.1) is 0 Å². The van der Waals surface area contributed by atoms with Crippen molar-refractivity contribution in [3.05, 3.63) is 0 Å². The maximum absolute atomic E-state index is 12.3. The number of aliphatic carboxylic acids is 2. The lowest BCUT2D eigenvalue weighted by molar-refractivity contribution is -0.149. The Labute approximate surface area is 178 Å². The van der Waals surface area contributed by atoms with Crippen molar-refractivity contribution in [3.8, 4) is 0 Å². The molecule has 30 heavy (non-hydrogen) atoms. The summed E-state index contributed by atoms with van der Waals surface area (Å²) >= 11 is 0. The Bertz CT molecular complexity index is 556. The Morgan fingerprint density at radius 1 is 0.567 bits per heavy atom. The molecule has 2 saturated carbocycles. The zero-order valence-electron chi connectivity index (χ0n) is 17.7. The lowest BCUT2D eigenvalue weighted by Gasteiger charge is -2.27. The first-order valence-corrected chi connectivity index (χ1v) is 11.4. The average molecular weight is 425 g/mol. The fourth-order valence-electron chi connectivity index (χ4n) is 4.77. The number of nitrogens with one attached hydrogen (secondary N) is 2. The van der Waals surface area contributed by atoms with Crippen molar-refractivity contribution in [1.82, 2.24) is 10.6 Å². The van der Waals surface area contributed by atoms with Crippen LogP contribution >= 0.6 is 0 Å². The summed E-state index contributed by atoms with van der Waals surface area (Å²) in [6, 6.07) is 0. The predicted molar refractivity (Wildman–Crippen MR) is 111 cm³/mol. The molecule has 0 radical (unpaired) electrons. The monoisotopic (exact) mass is 424 g/mol. The molecular weight excluding hydrogens is 388 g/mol. The number of carboxylic acids is 2. The quantitative estimate of drug-likeness (QED) is 0.377. The van der Waals surface area contributed by atoms with E-state index in [2.05, 4.69) is 10.6 Å². The third-order valence-electron chi connectivity index (χ3n) is 6.54. The number of carbonyl (C=O) groups is 4. The van der Waals surface area contributed by atoms with Gasteiger partial charge in [0.25, 0.3) is 0 Å². The van der Waals surface area contributed by atoms with E-state index in [-0.39, 0.29) is 11.8 Å². The van der Waals surface area contributed by atoms with Gasteiger partial charge >= 0.3 is 11.9 Å². The van der Waals surface area contributed by atoms with Gasteiger partial charge in [0.15, 0.2) is 0 Å². The molecule has 0 saturated heterocycles. The number of amides is 2. The molecule has 2 fully saturated rings. The zero-order chi connectivity index (χ0) is 21.9. The lowest BCUT2D eigenvalue weighted by atomic mass is 9.78. The van der Waals surface area contributed by atoms with Gasteiger partial charge in [-0.05, 0) is 38.5 Å². The van der Waals surface area contributed by atoms with E-state index in [1.165, 1.54) is 0 Å². The second-order valence-corrected chi connectivity index (χ2v) is 8.67. The van der Waals surface area contributed by atoms with Crippen LogP contribution in [0.25, 0.3) is 0 Å². The minimum Gasteiger partial charge on any atom is -0.481 e. The summed E-state index contributed by atoms with van der Waals surface area (Å²) in [5.41, 5.74) is 0. The van der Waals surface area contributed by atoms with E-state index in [0.29, 0.717) is 38.8 Å².